The molecule has 5 aromatic rings. The van der Waals surface area contributed by atoms with Crippen LogP contribution in [0.15, 0.2) is 85.1 Å². The Hall–Kier alpha value is -3.40. The number of anilines is 1. The van der Waals surface area contributed by atoms with Gasteiger partial charge in [-0.2, -0.15) is 24.9 Å². The van der Waals surface area contributed by atoms with Crippen molar-refractivity contribution in [1.29, 1.82) is 0 Å². The van der Waals surface area contributed by atoms with E-state index in [4.69, 9.17) is 13.8 Å². The van der Waals surface area contributed by atoms with Gasteiger partial charge in [0.05, 0.1) is 0 Å². The van der Waals surface area contributed by atoms with Crippen LogP contribution in [0.4, 0.5) is 5.69 Å². The van der Waals surface area contributed by atoms with Crippen molar-refractivity contribution in [1.82, 2.24) is 14.5 Å². The summed E-state index contributed by atoms with van der Waals surface area (Å²) in [5.41, 5.74) is 3.92. The normalized spacial score (nSPS) is 24.5. The van der Waals surface area contributed by atoms with Crippen molar-refractivity contribution in [2.24, 2.45) is 11.8 Å². The average Bonchev–Trinajstić information content (AvgIpc) is 3.76. The molecular formula is C36H33N4OPt-3. The van der Waals surface area contributed by atoms with Crippen LogP contribution in [0.5, 0.6) is 11.5 Å². The molecule has 3 aliphatic rings. The van der Waals surface area contributed by atoms with Gasteiger partial charge >= 0.3 is 0 Å². The number of aromatic nitrogens is 2. The first-order chi connectivity index (χ1) is 21.1. The topological polar surface area (TPSA) is 33.5 Å². The third-order valence-electron chi connectivity index (χ3n) is 8.92. The second-order valence-corrected chi connectivity index (χ2v) is 12.5. The Morgan fingerprint density at radius 3 is 2.57 bits per heavy atom. The summed E-state index contributed by atoms with van der Waals surface area (Å²) >= 11 is 0. The largest absolute Gasteiger partial charge is 0.525 e. The molecule has 5 nitrogen and oxygen atoms in total. The molecule has 0 radical (unpaired) electrons. The van der Waals surface area contributed by atoms with Gasteiger partial charge in [-0.25, -0.2) is 4.98 Å². The minimum absolute atomic E-state index is 0. The van der Waals surface area contributed by atoms with E-state index in [0.29, 0.717) is 17.4 Å². The maximum atomic E-state index is 8.16. The smallest absolute Gasteiger partial charge is 0.135 e. The van der Waals surface area contributed by atoms with Crippen molar-refractivity contribution in [2.75, 3.05) is 11.9 Å². The van der Waals surface area contributed by atoms with E-state index >= 15 is 0 Å². The summed E-state index contributed by atoms with van der Waals surface area (Å²) in [4.78, 5) is 8.41. The number of pyridine rings is 1. The Morgan fingerprint density at radius 2 is 1.74 bits per heavy atom. The van der Waals surface area contributed by atoms with E-state index in [1.54, 1.807) is 11.6 Å². The summed E-state index contributed by atoms with van der Waals surface area (Å²) in [5.74, 6) is 2.51. The van der Waals surface area contributed by atoms with Gasteiger partial charge in [0.15, 0.2) is 0 Å². The van der Waals surface area contributed by atoms with Crippen molar-refractivity contribution < 1.29 is 29.9 Å². The predicted molar refractivity (Wildman–Crippen MR) is 164 cm³/mol. The van der Waals surface area contributed by atoms with Crippen LogP contribution in [0.1, 0.15) is 36.9 Å². The summed E-state index contributed by atoms with van der Waals surface area (Å²) in [7, 11) is 0. The Balaban J connectivity index is 0.00000325. The number of para-hydroxylation sites is 1. The molecule has 2 unspecified atom stereocenters. The second-order valence-electron chi connectivity index (χ2n) is 12.5. The van der Waals surface area contributed by atoms with Crippen molar-refractivity contribution >= 4 is 27.5 Å². The molecular weight excluding hydrogens is 700 g/mol. The molecule has 2 aliphatic carbocycles. The summed E-state index contributed by atoms with van der Waals surface area (Å²) in [6, 6.07) is 29.3. The van der Waals surface area contributed by atoms with Crippen molar-refractivity contribution in [2.45, 2.75) is 44.7 Å². The SMILES string of the molecule is [2H]C([2H])([2H])N1[CH-]N(c2[c-]c(Oc3[c-]c4c(cc3)c3ccccc3n4-c3cc(C(C)(C)C)ccn3)ccc2)[C@@H]2C1C1C=C[C@@H]2C1.[Pt]. The van der Waals surface area contributed by atoms with Gasteiger partial charge in [0, 0.05) is 60.5 Å². The molecule has 2 bridgehead atoms. The van der Waals surface area contributed by atoms with Gasteiger partial charge in [0.25, 0.3) is 0 Å². The number of fused-ring (bicyclic) bond motifs is 8. The van der Waals surface area contributed by atoms with Crippen LogP contribution in [0, 0.1) is 30.6 Å². The van der Waals surface area contributed by atoms with Crippen molar-refractivity contribution in [3.8, 4) is 17.3 Å². The van der Waals surface area contributed by atoms with Gasteiger partial charge in [-0.3, -0.25) is 0 Å². The third-order valence-corrected chi connectivity index (χ3v) is 8.92. The number of nitrogens with zero attached hydrogens (tertiary/aromatic N) is 4. The Bertz CT molecular complexity index is 1940. The van der Waals surface area contributed by atoms with Crippen LogP contribution in [0.25, 0.3) is 27.6 Å². The molecule has 216 valence electrons. The fourth-order valence-electron chi connectivity index (χ4n) is 6.97. The Kier molecular flexibility index (Phi) is 5.79. The number of hydrogen-bond donors (Lipinski definition) is 0. The van der Waals surface area contributed by atoms with E-state index in [0.717, 1.165) is 39.7 Å². The second kappa shape index (κ2) is 10.1. The fraction of sp³-hybridized carbons (Fsp3) is 0.278. The molecule has 0 N–H and O–H groups in total. The van der Waals surface area contributed by atoms with E-state index < -0.39 is 6.98 Å². The van der Waals surface area contributed by atoms with E-state index in [1.807, 2.05) is 36.5 Å². The van der Waals surface area contributed by atoms with E-state index in [1.165, 1.54) is 5.56 Å². The number of likely N-dealkylation sites (N-methyl/N-ethyl adjacent to an activating group) is 1. The molecule has 1 aliphatic heterocycles. The van der Waals surface area contributed by atoms with Gasteiger partial charge in [0.1, 0.15) is 5.82 Å². The molecule has 6 heteroatoms. The van der Waals surface area contributed by atoms with Crippen LogP contribution in [-0.4, -0.2) is 33.5 Å². The number of ether oxygens (including phenoxy) is 1. The van der Waals surface area contributed by atoms with Crippen molar-refractivity contribution in [3.05, 3.63) is 109 Å². The van der Waals surface area contributed by atoms with E-state index in [2.05, 4.69) is 90.9 Å². The quantitative estimate of drug-likeness (QED) is 0.140. The molecule has 1 saturated carbocycles. The molecule has 1 saturated heterocycles. The van der Waals surface area contributed by atoms with Gasteiger partial charge in [-0.15, -0.1) is 35.3 Å². The van der Waals surface area contributed by atoms with Crippen molar-refractivity contribution in [3.63, 3.8) is 0 Å². The molecule has 8 rings (SSSR count). The van der Waals surface area contributed by atoms with Crippen LogP contribution < -0.4 is 9.64 Å². The minimum atomic E-state index is -2.20. The Labute approximate surface area is 266 Å². The first kappa shape index (κ1) is 24.1. The fourth-order valence-corrected chi connectivity index (χ4v) is 6.97. The van der Waals surface area contributed by atoms with Crippen LogP contribution in [0.3, 0.4) is 0 Å². The summed E-state index contributed by atoms with van der Waals surface area (Å²) in [5, 5.41) is 2.19. The molecule has 3 aromatic carbocycles. The van der Waals surface area contributed by atoms with Crippen LogP contribution in [-0.2, 0) is 26.5 Å². The maximum Gasteiger partial charge on any atom is 0.135 e. The summed E-state index contributed by atoms with van der Waals surface area (Å²) in [6.07, 6.45) is 7.28. The first-order valence-electron chi connectivity index (χ1n) is 15.8. The van der Waals surface area contributed by atoms with E-state index in [-0.39, 0.29) is 44.5 Å². The average molecular weight is 736 g/mol. The zero-order chi connectivity index (χ0) is 30.4. The Morgan fingerprint density at radius 1 is 0.929 bits per heavy atom. The predicted octanol–water partition coefficient (Wildman–Crippen LogP) is 7.68. The molecule has 0 spiro atoms. The number of benzene rings is 3. The standard InChI is InChI=1S/C36H33N4O.Pt/c1-36(2,3)25-16-17-37-33(19-25)40-31-11-6-5-10-29(31)30-15-14-28(21-32(30)40)41-27-9-7-8-26(20-27)39-22-38(4)34-23-12-13-24(18-23)35(34)39;/h5-17,19,22-24,34-35H,18H2,1-4H3;/q-3;/t23?,24-,34?,35+;/m1./s1/i4D3;. The molecule has 3 heterocycles. The maximum absolute atomic E-state index is 8.16. The summed E-state index contributed by atoms with van der Waals surface area (Å²) < 4.78 is 33.0. The van der Waals surface area contributed by atoms with Gasteiger partial charge < -0.3 is 19.1 Å². The monoisotopic (exact) mass is 735 g/mol. The molecule has 2 aromatic heterocycles. The van der Waals surface area contributed by atoms with Gasteiger partial charge in [-0.05, 0) is 59.8 Å². The van der Waals surface area contributed by atoms with Crippen LogP contribution >= 0.6 is 0 Å². The molecule has 0 amide bonds. The number of rotatable bonds is 4. The first-order valence-corrected chi connectivity index (χ1v) is 14.3. The van der Waals surface area contributed by atoms with Gasteiger partial charge in [-0.1, -0.05) is 56.6 Å². The zero-order valence-electron chi connectivity index (χ0n) is 26.7. The minimum Gasteiger partial charge on any atom is -0.525 e. The number of hydrogen-bond acceptors (Lipinski definition) is 4. The third kappa shape index (κ3) is 4.32. The van der Waals surface area contributed by atoms with Gasteiger partial charge in [0.2, 0.25) is 0 Å². The van der Waals surface area contributed by atoms with E-state index in [9.17, 15) is 0 Å². The summed E-state index contributed by atoms with van der Waals surface area (Å²) in [6.45, 7) is 6.17. The van der Waals surface area contributed by atoms with Crippen LogP contribution in [0.2, 0.25) is 0 Å². The molecule has 2 fully saturated rings. The molecule has 4 atom stereocenters. The zero-order valence-corrected chi connectivity index (χ0v) is 26.0. The molecule has 42 heavy (non-hydrogen) atoms.